The van der Waals surface area contributed by atoms with Gasteiger partial charge in [-0.15, -0.1) is 0 Å². The van der Waals surface area contributed by atoms with Crippen molar-refractivity contribution in [3.8, 4) is 0 Å². The number of anilines is 1. The number of nitrogens with zero attached hydrogens (tertiary/aromatic N) is 2. The number of allylic oxidation sites excluding steroid dienone is 6. The van der Waals surface area contributed by atoms with E-state index in [9.17, 15) is 22.6 Å². The molecule has 1 aromatic heterocycles. The number of hydrogen-bond acceptors (Lipinski definition) is 7. The van der Waals surface area contributed by atoms with Gasteiger partial charge in [0.15, 0.2) is 24.2 Å². The molecule has 1 N–H and O–H groups in total. The smallest absolute Gasteiger partial charge is 0.265 e. The van der Waals surface area contributed by atoms with Gasteiger partial charge < -0.3 is 4.90 Å². The maximum Gasteiger partial charge on any atom is 0.265 e. The molecule has 0 amide bonds. The Morgan fingerprint density at radius 3 is 2.55 bits per heavy atom. The van der Waals surface area contributed by atoms with E-state index in [0.717, 1.165) is 49.3 Å². The van der Waals surface area contributed by atoms with E-state index in [1.807, 2.05) is 53.4 Å². The van der Waals surface area contributed by atoms with Crippen molar-refractivity contribution in [2.24, 2.45) is 5.41 Å². The third-order valence-electron chi connectivity index (χ3n) is 8.08. The summed E-state index contributed by atoms with van der Waals surface area (Å²) in [5.74, 6) is -0.309. The Balaban J connectivity index is 1.30. The lowest BCUT2D eigenvalue weighted by molar-refractivity contribution is -0.668. The molecule has 2 heterocycles. The zero-order valence-electron chi connectivity index (χ0n) is 24.7. The van der Waals surface area contributed by atoms with Crippen molar-refractivity contribution < 1.29 is 27.1 Å². The highest BCUT2D eigenvalue weighted by atomic mass is 32.2. The third kappa shape index (κ3) is 6.68. The number of para-hydroxylation sites is 2. The van der Waals surface area contributed by atoms with E-state index in [0.29, 0.717) is 25.8 Å². The monoisotopic (exact) mass is 647 g/mol. The van der Waals surface area contributed by atoms with Crippen molar-refractivity contribution in [3.05, 3.63) is 94.0 Å². The van der Waals surface area contributed by atoms with Crippen molar-refractivity contribution in [3.63, 3.8) is 0 Å². The van der Waals surface area contributed by atoms with E-state index in [1.54, 1.807) is 23.1 Å². The number of thiazole rings is 1. The van der Waals surface area contributed by atoms with E-state index in [4.69, 9.17) is 0 Å². The van der Waals surface area contributed by atoms with Crippen molar-refractivity contribution in [1.29, 1.82) is 0 Å². The molecule has 228 valence electrons. The van der Waals surface area contributed by atoms with Crippen LogP contribution in [-0.4, -0.2) is 36.3 Å². The number of aromatic nitrogens is 1. The van der Waals surface area contributed by atoms with E-state index in [1.165, 1.54) is 5.57 Å². The molecule has 44 heavy (non-hydrogen) atoms. The Morgan fingerprint density at radius 2 is 1.77 bits per heavy atom. The predicted octanol–water partition coefficient (Wildman–Crippen LogP) is 6.91. The van der Waals surface area contributed by atoms with Crippen LogP contribution >= 0.6 is 23.1 Å². The summed E-state index contributed by atoms with van der Waals surface area (Å²) in [6.07, 6.45) is 13.3. The SMILES string of the molecule is CC1(C)CC(/C=C2\Sc3ccccc3N2C2C(=O)CCC2=O)=CC(=C/C=C/c2sc3ccccc3[n+]2CCCS(=O)(=O)O)/C1. The molecule has 3 aromatic rings. The summed E-state index contributed by atoms with van der Waals surface area (Å²) in [5.41, 5.74) is 4.31. The van der Waals surface area contributed by atoms with Gasteiger partial charge in [0.25, 0.3) is 15.1 Å². The van der Waals surface area contributed by atoms with Crippen molar-refractivity contribution in [2.75, 3.05) is 10.7 Å². The molecular formula is C34H35N2O5S3+. The molecule has 2 aromatic carbocycles. The number of aryl methyl sites for hydroxylation is 1. The summed E-state index contributed by atoms with van der Waals surface area (Å²) in [6, 6.07) is 15.2. The van der Waals surface area contributed by atoms with Gasteiger partial charge in [0.2, 0.25) is 5.52 Å². The lowest BCUT2D eigenvalue weighted by Crippen LogP contribution is -2.40. The summed E-state index contributed by atoms with van der Waals surface area (Å²) in [5, 5.41) is 1.91. The molecule has 0 atom stereocenters. The molecule has 0 unspecified atom stereocenters. The van der Waals surface area contributed by atoms with Gasteiger partial charge in [0.05, 0.1) is 16.5 Å². The molecule has 0 saturated heterocycles. The molecule has 0 radical (unpaired) electrons. The quantitative estimate of drug-likeness (QED) is 0.161. The number of carbonyl (C=O) groups is 2. The summed E-state index contributed by atoms with van der Waals surface area (Å²) >= 11 is 3.25. The molecule has 10 heteroatoms. The van der Waals surface area contributed by atoms with E-state index in [2.05, 4.69) is 48.8 Å². The summed E-state index contributed by atoms with van der Waals surface area (Å²) in [4.78, 5) is 28.6. The van der Waals surface area contributed by atoms with Crippen LogP contribution in [0.3, 0.4) is 0 Å². The first-order valence-electron chi connectivity index (χ1n) is 14.8. The highest BCUT2D eigenvalue weighted by Crippen LogP contribution is 2.49. The summed E-state index contributed by atoms with van der Waals surface area (Å²) < 4.78 is 35.0. The normalized spacial score (nSPS) is 20.9. The number of carbonyl (C=O) groups excluding carboxylic acids is 2. The summed E-state index contributed by atoms with van der Waals surface area (Å²) in [7, 11) is -4.02. The molecule has 2 aliphatic carbocycles. The van der Waals surface area contributed by atoms with Gasteiger partial charge in [-0.2, -0.15) is 13.0 Å². The predicted molar refractivity (Wildman–Crippen MR) is 177 cm³/mol. The number of fused-ring (bicyclic) bond motifs is 2. The van der Waals surface area contributed by atoms with Gasteiger partial charge in [0.1, 0.15) is 4.70 Å². The van der Waals surface area contributed by atoms with Crippen LogP contribution in [0.1, 0.15) is 51.0 Å². The molecular weight excluding hydrogens is 613 g/mol. The van der Waals surface area contributed by atoms with Gasteiger partial charge in [-0.25, -0.2) is 0 Å². The highest BCUT2D eigenvalue weighted by molar-refractivity contribution is 8.03. The van der Waals surface area contributed by atoms with Crippen molar-refractivity contribution in [1.82, 2.24) is 0 Å². The molecule has 1 saturated carbocycles. The molecule has 3 aliphatic rings. The molecule has 1 aliphatic heterocycles. The fraction of sp³-hybridized carbons (Fsp3) is 0.324. The van der Waals surface area contributed by atoms with E-state index < -0.39 is 16.2 Å². The van der Waals surface area contributed by atoms with Gasteiger partial charge in [-0.3, -0.25) is 14.1 Å². The average Bonchev–Trinajstić information content (AvgIpc) is 3.59. The number of ketones is 2. The minimum Gasteiger partial charge on any atom is -0.317 e. The Kier molecular flexibility index (Phi) is 8.54. The van der Waals surface area contributed by atoms with Crippen LogP contribution in [-0.2, 0) is 26.3 Å². The maximum absolute atomic E-state index is 12.8. The Morgan fingerprint density at radius 1 is 1.05 bits per heavy atom. The fourth-order valence-corrected chi connectivity index (χ4v) is 9.06. The van der Waals surface area contributed by atoms with Crippen LogP contribution in [0.4, 0.5) is 5.69 Å². The fourth-order valence-electron chi connectivity index (χ4n) is 6.31. The summed E-state index contributed by atoms with van der Waals surface area (Å²) in [6.45, 7) is 4.99. The number of Topliss-reactive ketones (excluding diaryl/α,β-unsaturated/α-hetero) is 2. The first-order chi connectivity index (χ1) is 21.0. The van der Waals surface area contributed by atoms with Crippen molar-refractivity contribution in [2.45, 2.75) is 63.4 Å². The number of benzene rings is 2. The maximum atomic E-state index is 12.8. The zero-order valence-corrected chi connectivity index (χ0v) is 27.2. The van der Waals surface area contributed by atoms with Gasteiger partial charge in [-0.05, 0) is 53.7 Å². The largest absolute Gasteiger partial charge is 0.317 e. The standard InChI is InChI=1S/C34H34N2O5S3/c1-34(2)21-23(9-7-14-31-35(17-8-18-44(39,40)41)25-10-3-5-12-29(25)42-31)19-24(22-34)20-32-36(33-27(37)15-16-28(33)38)26-11-4-6-13-30(26)43-32/h3-7,9-14,19-20,33H,8,15-18,21-22H2,1-2H3/p+1. The van der Waals surface area contributed by atoms with Gasteiger partial charge >= 0.3 is 0 Å². The number of hydrogen-bond donors (Lipinski definition) is 1. The van der Waals surface area contributed by atoms with Crippen LogP contribution in [0.25, 0.3) is 16.3 Å². The first-order valence-corrected chi connectivity index (χ1v) is 18.0. The van der Waals surface area contributed by atoms with Crippen molar-refractivity contribution >= 4 is 66.8 Å². The number of thioether (sulfide) groups is 1. The second-order valence-electron chi connectivity index (χ2n) is 12.3. The Labute approximate surface area is 266 Å². The minimum absolute atomic E-state index is 0.0154. The number of rotatable bonds is 8. The third-order valence-corrected chi connectivity index (χ3v) is 11.1. The molecule has 7 nitrogen and oxygen atoms in total. The second-order valence-corrected chi connectivity index (χ2v) is 16.0. The lowest BCUT2D eigenvalue weighted by atomic mass is 9.75. The lowest BCUT2D eigenvalue weighted by Gasteiger charge is -2.31. The first kappa shape index (κ1) is 30.7. The minimum atomic E-state index is -4.02. The van der Waals surface area contributed by atoms with E-state index >= 15 is 0 Å². The Bertz CT molecular complexity index is 1860. The Hall–Kier alpha value is -3.31. The molecule has 0 bridgehead atoms. The van der Waals surface area contributed by atoms with Crippen LogP contribution in [0.2, 0.25) is 0 Å². The molecule has 0 spiro atoms. The molecule has 6 rings (SSSR count). The van der Waals surface area contributed by atoms with Crippen LogP contribution in [0.5, 0.6) is 0 Å². The zero-order chi connectivity index (χ0) is 31.1. The second kappa shape index (κ2) is 12.2. The van der Waals surface area contributed by atoms with Crippen LogP contribution in [0, 0.1) is 5.41 Å². The molecule has 1 fully saturated rings. The van der Waals surface area contributed by atoms with Gasteiger partial charge in [-0.1, -0.05) is 79.4 Å². The van der Waals surface area contributed by atoms with Crippen LogP contribution < -0.4 is 9.47 Å². The van der Waals surface area contributed by atoms with Gasteiger partial charge in [0, 0.05) is 36.3 Å². The van der Waals surface area contributed by atoms with Crippen LogP contribution in [0.15, 0.2) is 93.9 Å². The average molecular weight is 648 g/mol. The highest BCUT2D eigenvalue weighted by Gasteiger charge is 2.43. The topological polar surface area (TPSA) is 95.6 Å². The van der Waals surface area contributed by atoms with E-state index in [-0.39, 0.29) is 22.7 Å².